The second-order valence-corrected chi connectivity index (χ2v) is 7.13. The number of halogens is 1. The lowest BCUT2D eigenvalue weighted by Crippen LogP contribution is -2.45. The normalized spacial score (nSPS) is 19.4. The minimum absolute atomic E-state index is 0.105. The number of amides is 4. The minimum Gasteiger partial charge on any atom is -0.494 e. The van der Waals surface area contributed by atoms with E-state index in [0.29, 0.717) is 17.5 Å². The van der Waals surface area contributed by atoms with Crippen LogP contribution < -0.4 is 15.4 Å². The lowest BCUT2D eigenvalue weighted by Gasteiger charge is -2.25. The Morgan fingerprint density at radius 2 is 1.93 bits per heavy atom. The van der Waals surface area contributed by atoms with Gasteiger partial charge in [0, 0.05) is 0 Å². The number of carbonyl (C=O) groups is 3. The largest absolute Gasteiger partial charge is 0.494 e. The lowest BCUT2D eigenvalue weighted by molar-refractivity contribution is -0.135. The van der Waals surface area contributed by atoms with Gasteiger partial charge in [0.2, 0.25) is 5.91 Å². The Morgan fingerprint density at radius 1 is 1.23 bits per heavy atom. The molecule has 158 valence electrons. The molecule has 8 heteroatoms. The molecule has 2 N–H and O–H groups in total. The van der Waals surface area contributed by atoms with E-state index >= 15 is 0 Å². The number of benzene rings is 2. The molecule has 0 spiro atoms. The molecule has 2 aromatic rings. The van der Waals surface area contributed by atoms with Gasteiger partial charge < -0.3 is 15.4 Å². The minimum atomic E-state index is -1.19. The van der Waals surface area contributed by atoms with Crippen molar-refractivity contribution in [2.45, 2.75) is 31.8 Å². The van der Waals surface area contributed by atoms with Crippen molar-refractivity contribution in [2.24, 2.45) is 0 Å². The predicted molar refractivity (Wildman–Crippen MR) is 108 cm³/mol. The number of urea groups is 1. The average molecular weight is 413 g/mol. The summed E-state index contributed by atoms with van der Waals surface area (Å²) >= 11 is 0. The van der Waals surface area contributed by atoms with Crippen LogP contribution in [0.3, 0.4) is 0 Å². The van der Waals surface area contributed by atoms with Gasteiger partial charge in [-0.1, -0.05) is 43.3 Å². The summed E-state index contributed by atoms with van der Waals surface area (Å²) in [5, 5.41) is 5.43. The molecule has 1 aliphatic heterocycles. The van der Waals surface area contributed by atoms with Gasteiger partial charge in [-0.2, -0.15) is 0 Å². The van der Waals surface area contributed by atoms with Gasteiger partial charge in [-0.05, 0) is 36.6 Å². The van der Waals surface area contributed by atoms with Gasteiger partial charge >= 0.3 is 6.03 Å². The maximum Gasteiger partial charge on any atom is 0.325 e. The molecule has 1 fully saturated rings. The number of rotatable bonds is 7. The molecule has 0 radical (unpaired) electrons. The summed E-state index contributed by atoms with van der Waals surface area (Å²) in [5.41, 5.74) is 0.00506. The average Bonchev–Trinajstić information content (AvgIpc) is 2.99. The molecule has 2 unspecified atom stereocenters. The van der Waals surface area contributed by atoms with Crippen LogP contribution in [-0.4, -0.2) is 36.4 Å². The number of carbonyl (C=O) groups excluding carboxylic acids is 3. The number of ether oxygens (including phenoxy) is 1. The van der Waals surface area contributed by atoms with E-state index in [1.165, 1.54) is 19.2 Å². The van der Waals surface area contributed by atoms with Gasteiger partial charge in [-0.25, -0.2) is 9.18 Å². The quantitative estimate of drug-likeness (QED) is 0.684. The van der Waals surface area contributed by atoms with Gasteiger partial charge in [-0.3, -0.25) is 14.5 Å². The maximum atomic E-state index is 13.9. The fraction of sp³-hybridized carbons (Fsp3) is 0.318. The highest BCUT2D eigenvalue weighted by Crippen LogP contribution is 2.32. The second-order valence-electron chi connectivity index (χ2n) is 7.13. The summed E-state index contributed by atoms with van der Waals surface area (Å²) in [4.78, 5) is 39.0. The van der Waals surface area contributed by atoms with E-state index in [-0.39, 0.29) is 5.75 Å². The van der Waals surface area contributed by atoms with Crippen molar-refractivity contribution in [3.8, 4) is 5.75 Å². The summed E-state index contributed by atoms with van der Waals surface area (Å²) in [7, 11) is 1.37. The smallest absolute Gasteiger partial charge is 0.325 e. The summed E-state index contributed by atoms with van der Waals surface area (Å²) in [6.07, 6.45) is 0.348. The van der Waals surface area contributed by atoms with Crippen molar-refractivity contribution in [3.05, 3.63) is 65.5 Å². The number of nitrogens with zero attached hydrogens (tertiary/aromatic N) is 1. The first-order valence-electron chi connectivity index (χ1n) is 9.64. The van der Waals surface area contributed by atoms with Crippen LogP contribution in [0.4, 0.5) is 9.18 Å². The molecule has 30 heavy (non-hydrogen) atoms. The van der Waals surface area contributed by atoms with Crippen molar-refractivity contribution in [1.29, 1.82) is 0 Å². The Bertz CT molecular complexity index is 966. The van der Waals surface area contributed by atoms with E-state index in [1.54, 1.807) is 44.2 Å². The third kappa shape index (κ3) is 3.85. The Labute approximate surface area is 174 Å². The fourth-order valence-electron chi connectivity index (χ4n) is 3.60. The van der Waals surface area contributed by atoms with Crippen molar-refractivity contribution in [1.82, 2.24) is 15.5 Å². The first-order chi connectivity index (χ1) is 14.3. The van der Waals surface area contributed by atoms with Crippen LogP contribution in [-0.2, 0) is 15.1 Å². The van der Waals surface area contributed by atoms with Gasteiger partial charge in [0.15, 0.2) is 11.6 Å². The first kappa shape index (κ1) is 21.3. The number of hydrogen-bond acceptors (Lipinski definition) is 4. The van der Waals surface area contributed by atoms with Crippen LogP contribution in [0.2, 0.25) is 0 Å². The van der Waals surface area contributed by atoms with Crippen LogP contribution in [0.15, 0.2) is 48.5 Å². The molecule has 0 bridgehead atoms. The number of imide groups is 1. The molecule has 1 heterocycles. The Kier molecular flexibility index (Phi) is 6.05. The molecular weight excluding hydrogens is 389 g/mol. The molecule has 0 aliphatic carbocycles. The summed E-state index contributed by atoms with van der Waals surface area (Å²) in [5.74, 6) is -1.43. The van der Waals surface area contributed by atoms with E-state index < -0.39 is 41.8 Å². The highest BCUT2D eigenvalue weighted by atomic mass is 19.1. The number of nitrogens with one attached hydrogen (secondary N) is 2. The highest BCUT2D eigenvalue weighted by Gasteiger charge is 2.51. The summed E-state index contributed by atoms with van der Waals surface area (Å²) in [6.45, 7) is 3.06. The van der Waals surface area contributed by atoms with E-state index in [4.69, 9.17) is 4.74 Å². The highest BCUT2D eigenvalue weighted by molar-refractivity contribution is 6.09. The Balaban J connectivity index is 1.71. The zero-order valence-corrected chi connectivity index (χ0v) is 17.1. The van der Waals surface area contributed by atoms with E-state index in [9.17, 15) is 18.8 Å². The summed E-state index contributed by atoms with van der Waals surface area (Å²) < 4.78 is 18.8. The maximum absolute atomic E-state index is 13.9. The first-order valence-corrected chi connectivity index (χ1v) is 9.64. The number of methoxy groups -OCH3 is 1. The van der Waals surface area contributed by atoms with Crippen LogP contribution in [0.1, 0.15) is 37.4 Å². The van der Waals surface area contributed by atoms with Crippen molar-refractivity contribution >= 4 is 17.8 Å². The standard InChI is InChI=1S/C22H24FN3O4/c1-4-22(16-8-6-5-7-9-16)20(28)26(21(29)25-22)13-19(27)24-14(2)15-10-11-18(30-3)17(23)12-15/h5-12,14H,4,13H2,1-3H3,(H,24,27)(H,25,29). The Hall–Kier alpha value is -3.42. The van der Waals surface area contributed by atoms with Gasteiger partial charge in [0.25, 0.3) is 5.91 Å². The van der Waals surface area contributed by atoms with Gasteiger partial charge in [0.05, 0.1) is 13.2 Å². The Morgan fingerprint density at radius 3 is 2.53 bits per heavy atom. The van der Waals surface area contributed by atoms with Gasteiger partial charge in [-0.15, -0.1) is 0 Å². The van der Waals surface area contributed by atoms with E-state index in [1.807, 2.05) is 6.07 Å². The molecule has 0 aromatic heterocycles. The SMILES string of the molecule is CCC1(c2ccccc2)NC(=O)N(CC(=O)NC(C)c2ccc(OC)c(F)c2)C1=O. The molecular formula is C22H24FN3O4. The predicted octanol–water partition coefficient (Wildman–Crippen LogP) is 2.87. The van der Waals surface area contributed by atoms with Crippen LogP contribution in [0.25, 0.3) is 0 Å². The molecule has 0 saturated carbocycles. The fourth-order valence-corrected chi connectivity index (χ4v) is 3.60. The molecule has 4 amide bonds. The third-order valence-electron chi connectivity index (χ3n) is 5.33. The van der Waals surface area contributed by atoms with E-state index in [0.717, 1.165) is 4.90 Å². The molecule has 2 aromatic carbocycles. The molecule has 7 nitrogen and oxygen atoms in total. The van der Waals surface area contributed by atoms with Crippen molar-refractivity contribution < 1.29 is 23.5 Å². The molecule has 1 saturated heterocycles. The van der Waals surface area contributed by atoms with E-state index in [2.05, 4.69) is 10.6 Å². The number of hydrogen-bond donors (Lipinski definition) is 2. The summed E-state index contributed by atoms with van der Waals surface area (Å²) in [6, 6.07) is 12.2. The molecule has 2 atom stereocenters. The third-order valence-corrected chi connectivity index (χ3v) is 5.33. The zero-order chi connectivity index (χ0) is 21.9. The topological polar surface area (TPSA) is 87.7 Å². The lowest BCUT2D eigenvalue weighted by atomic mass is 9.87. The van der Waals surface area contributed by atoms with Crippen LogP contribution in [0.5, 0.6) is 5.75 Å². The van der Waals surface area contributed by atoms with Crippen molar-refractivity contribution in [3.63, 3.8) is 0 Å². The second kappa shape index (κ2) is 8.52. The zero-order valence-electron chi connectivity index (χ0n) is 17.1. The van der Waals surface area contributed by atoms with Crippen LogP contribution in [0, 0.1) is 5.82 Å². The van der Waals surface area contributed by atoms with Crippen molar-refractivity contribution in [2.75, 3.05) is 13.7 Å². The molecule has 1 aliphatic rings. The monoisotopic (exact) mass is 413 g/mol. The van der Waals surface area contributed by atoms with Crippen LogP contribution >= 0.6 is 0 Å². The molecule has 3 rings (SSSR count). The van der Waals surface area contributed by atoms with Gasteiger partial charge in [0.1, 0.15) is 12.1 Å².